The van der Waals surface area contributed by atoms with Crippen LogP contribution < -0.4 is 5.56 Å². The minimum Gasteiger partial charge on any atom is -0.294 e. The number of rotatable bonds is 1. The molecule has 15 heavy (non-hydrogen) atoms. The van der Waals surface area contributed by atoms with E-state index in [1.54, 1.807) is 19.3 Å². The number of thioether (sulfide) groups is 1. The predicted molar refractivity (Wildman–Crippen MR) is 61.6 cm³/mol. The lowest BCUT2D eigenvalue weighted by Gasteiger charge is -2.04. The lowest BCUT2D eigenvalue weighted by molar-refractivity contribution is 0.860. The van der Waals surface area contributed by atoms with E-state index in [0.29, 0.717) is 10.8 Å². The Morgan fingerprint density at radius 1 is 1.53 bits per heavy atom. The topological polar surface area (TPSA) is 47.8 Å². The van der Waals surface area contributed by atoms with Crippen LogP contribution in [0, 0.1) is 0 Å². The van der Waals surface area contributed by atoms with Crippen molar-refractivity contribution in [2.24, 2.45) is 7.05 Å². The summed E-state index contributed by atoms with van der Waals surface area (Å²) in [6.07, 6.45) is 3.55. The molecule has 4 nitrogen and oxygen atoms in total. The summed E-state index contributed by atoms with van der Waals surface area (Å²) in [7, 11) is 1.65. The zero-order valence-corrected chi connectivity index (χ0v) is 9.76. The number of aryl methyl sites for hydroxylation is 1. The molecule has 2 rings (SSSR count). The van der Waals surface area contributed by atoms with Gasteiger partial charge in [-0.15, -0.1) is 0 Å². The molecule has 2 aromatic rings. The average molecular weight is 242 g/mol. The highest BCUT2D eigenvalue weighted by Crippen LogP contribution is 2.15. The number of aromatic nitrogens is 3. The van der Waals surface area contributed by atoms with E-state index < -0.39 is 0 Å². The fraction of sp³-hybridized carbons (Fsp3) is 0.222. The van der Waals surface area contributed by atoms with E-state index in [2.05, 4.69) is 9.97 Å². The first-order valence-corrected chi connectivity index (χ1v) is 5.80. The molecule has 2 heterocycles. The summed E-state index contributed by atoms with van der Waals surface area (Å²) in [5.74, 6) is 0. The molecular formula is C9H8ClN3OS. The van der Waals surface area contributed by atoms with Crippen LogP contribution in [0.2, 0.25) is 5.02 Å². The van der Waals surface area contributed by atoms with Gasteiger partial charge in [0.2, 0.25) is 0 Å². The van der Waals surface area contributed by atoms with Gasteiger partial charge in [-0.2, -0.15) is 0 Å². The molecule has 0 saturated heterocycles. The Balaban J connectivity index is 2.88. The molecule has 0 aliphatic heterocycles. The standard InChI is InChI=1S/C9H8ClN3OS/c1-13-7-5(3-6(10)8(13)14)4-11-9(12-7)15-2/h3-4H,1-2H3. The molecule has 0 aliphatic carbocycles. The van der Waals surface area contributed by atoms with Crippen LogP contribution in [0.15, 0.2) is 22.2 Å². The molecule has 0 unspecified atom stereocenters. The molecule has 2 aromatic heterocycles. The van der Waals surface area contributed by atoms with Gasteiger partial charge in [0.15, 0.2) is 5.16 Å². The summed E-state index contributed by atoms with van der Waals surface area (Å²) in [4.78, 5) is 19.9. The summed E-state index contributed by atoms with van der Waals surface area (Å²) >= 11 is 7.20. The fourth-order valence-corrected chi connectivity index (χ4v) is 1.87. The summed E-state index contributed by atoms with van der Waals surface area (Å²) in [6, 6.07) is 1.59. The van der Waals surface area contributed by atoms with E-state index >= 15 is 0 Å². The number of nitrogens with zero attached hydrogens (tertiary/aromatic N) is 3. The van der Waals surface area contributed by atoms with Crippen molar-refractivity contribution in [2.75, 3.05) is 6.26 Å². The highest BCUT2D eigenvalue weighted by Gasteiger charge is 2.06. The number of hydrogen-bond acceptors (Lipinski definition) is 4. The maximum absolute atomic E-state index is 11.5. The average Bonchev–Trinajstić information content (AvgIpc) is 2.26. The third-order valence-electron chi connectivity index (χ3n) is 2.07. The Kier molecular flexibility index (Phi) is 2.67. The Hall–Kier alpha value is -1.07. The minimum atomic E-state index is -0.241. The van der Waals surface area contributed by atoms with Crippen molar-refractivity contribution >= 4 is 34.4 Å². The van der Waals surface area contributed by atoms with Crippen molar-refractivity contribution in [3.05, 3.63) is 27.6 Å². The smallest absolute Gasteiger partial charge is 0.270 e. The largest absolute Gasteiger partial charge is 0.294 e. The van der Waals surface area contributed by atoms with Gasteiger partial charge < -0.3 is 0 Å². The third kappa shape index (κ3) is 1.72. The maximum Gasteiger partial charge on any atom is 0.270 e. The quantitative estimate of drug-likeness (QED) is 0.563. The molecule has 0 saturated carbocycles. The maximum atomic E-state index is 11.5. The number of hydrogen-bond donors (Lipinski definition) is 0. The van der Waals surface area contributed by atoms with E-state index in [1.807, 2.05) is 6.26 Å². The monoisotopic (exact) mass is 241 g/mol. The molecule has 0 bridgehead atoms. The van der Waals surface area contributed by atoms with Crippen LogP contribution in [0.4, 0.5) is 0 Å². The Bertz CT molecular complexity index is 581. The first-order valence-electron chi connectivity index (χ1n) is 4.19. The second-order valence-electron chi connectivity index (χ2n) is 2.99. The summed E-state index contributed by atoms with van der Waals surface area (Å²) in [5.41, 5.74) is 0.360. The first-order chi connectivity index (χ1) is 7.13. The number of halogens is 1. The van der Waals surface area contributed by atoms with Gasteiger partial charge in [0, 0.05) is 18.6 Å². The van der Waals surface area contributed by atoms with Gasteiger partial charge in [0.05, 0.1) is 0 Å². The van der Waals surface area contributed by atoms with Crippen LogP contribution in [-0.2, 0) is 7.05 Å². The Morgan fingerprint density at radius 3 is 2.93 bits per heavy atom. The van der Waals surface area contributed by atoms with Crippen molar-refractivity contribution < 1.29 is 0 Å². The van der Waals surface area contributed by atoms with Crippen LogP contribution in [0.1, 0.15) is 0 Å². The summed E-state index contributed by atoms with van der Waals surface area (Å²) < 4.78 is 1.43. The van der Waals surface area contributed by atoms with Crippen LogP contribution in [0.3, 0.4) is 0 Å². The number of fused-ring (bicyclic) bond motifs is 1. The summed E-state index contributed by atoms with van der Waals surface area (Å²) in [6.45, 7) is 0. The second-order valence-corrected chi connectivity index (χ2v) is 4.17. The molecule has 78 valence electrons. The van der Waals surface area contributed by atoms with E-state index in [9.17, 15) is 4.79 Å². The van der Waals surface area contributed by atoms with Crippen LogP contribution >= 0.6 is 23.4 Å². The van der Waals surface area contributed by atoms with Gasteiger partial charge in [0.25, 0.3) is 5.56 Å². The lowest BCUT2D eigenvalue weighted by Crippen LogP contribution is -2.18. The first kappa shape index (κ1) is 10.4. The molecule has 0 N–H and O–H groups in total. The van der Waals surface area contributed by atoms with E-state index in [1.165, 1.54) is 16.3 Å². The summed E-state index contributed by atoms with van der Waals surface area (Å²) in [5, 5.41) is 1.59. The minimum absolute atomic E-state index is 0.186. The fourth-order valence-electron chi connectivity index (χ4n) is 1.29. The zero-order valence-electron chi connectivity index (χ0n) is 8.19. The third-order valence-corrected chi connectivity index (χ3v) is 2.90. The molecule has 6 heteroatoms. The van der Waals surface area contributed by atoms with Crippen molar-refractivity contribution in [3.63, 3.8) is 0 Å². The van der Waals surface area contributed by atoms with Crippen LogP contribution in [0.5, 0.6) is 0 Å². The van der Waals surface area contributed by atoms with E-state index in [-0.39, 0.29) is 10.6 Å². The Morgan fingerprint density at radius 2 is 2.27 bits per heavy atom. The predicted octanol–water partition coefficient (Wildman–Crippen LogP) is 1.70. The lowest BCUT2D eigenvalue weighted by atomic mass is 10.3. The van der Waals surface area contributed by atoms with Gasteiger partial charge in [-0.25, -0.2) is 9.97 Å². The highest BCUT2D eigenvalue weighted by atomic mass is 35.5. The van der Waals surface area contributed by atoms with Gasteiger partial charge in [-0.05, 0) is 12.3 Å². The van der Waals surface area contributed by atoms with Gasteiger partial charge in [0.1, 0.15) is 10.7 Å². The second kappa shape index (κ2) is 3.83. The van der Waals surface area contributed by atoms with Gasteiger partial charge in [-0.3, -0.25) is 9.36 Å². The Labute approximate surface area is 95.3 Å². The molecular weight excluding hydrogens is 234 g/mol. The van der Waals surface area contributed by atoms with Crippen LogP contribution in [-0.4, -0.2) is 20.8 Å². The SMILES string of the molecule is CSc1ncc2cc(Cl)c(=O)n(C)c2n1. The zero-order chi connectivity index (χ0) is 11.0. The highest BCUT2D eigenvalue weighted by molar-refractivity contribution is 7.98. The van der Waals surface area contributed by atoms with Crippen molar-refractivity contribution in [3.8, 4) is 0 Å². The number of pyridine rings is 1. The molecule has 0 spiro atoms. The van der Waals surface area contributed by atoms with Crippen LogP contribution in [0.25, 0.3) is 11.0 Å². The van der Waals surface area contributed by atoms with Crippen molar-refractivity contribution in [2.45, 2.75) is 5.16 Å². The molecule has 0 atom stereocenters. The normalized spacial score (nSPS) is 10.9. The molecule has 0 radical (unpaired) electrons. The van der Waals surface area contributed by atoms with Crippen molar-refractivity contribution in [1.29, 1.82) is 0 Å². The molecule has 0 aliphatic rings. The molecule has 0 amide bonds. The van der Waals surface area contributed by atoms with Crippen molar-refractivity contribution in [1.82, 2.24) is 14.5 Å². The molecule has 0 fully saturated rings. The molecule has 0 aromatic carbocycles. The van der Waals surface area contributed by atoms with E-state index in [4.69, 9.17) is 11.6 Å². The van der Waals surface area contributed by atoms with Gasteiger partial charge in [-0.1, -0.05) is 23.4 Å². The van der Waals surface area contributed by atoms with E-state index in [0.717, 1.165) is 5.39 Å². The van der Waals surface area contributed by atoms with Gasteiger partial charge >= 0.3 is 0 Å².